The monoisotopic (exact) mass is 450 g/mol. The van der Waals surface area contributed by atoms with E-state index in [-0.39, 0.29) is 5.57 Å². The van der Waals surface area contributed by atoms with Crippen molar-refractivity contribution < 1.29 is 19.4 Å². The molecule has 4 aromatic carbocycles. The van der Waals surface area contributed by atoms with Crippen LogP contribution in [0.4, 0.5) is 0 Å². The van der Waals surface area contributed by atoms with Crippen molar-refractivity contribution in [3.8, 4) is 11.5 Å². The van der Waals surface area contributed by atoms with Crippen LogP contribution in [0.15, 0.2) is 115 Å². The quantitative estimate of drug-likeness (QED) is 0.278. The lowest BCUT2D eigenvalue weighted by Crippen LogP contribution is -2.05. The zero-order chi connectivity index (χ0) is 23.6. The van der Waals surface area contributed by atoms with E-state index in [0.717, 1.165) is 16.7 Å². The Balaban J connectivity index is 1.60. The van der Waals surface area contributed by atoms with E-state index in [1.807, 2.05) is 109 Å². The molecule has 170 valence electrons. The Labute approximate surface area is 199 Å². The predicted octanol–water partition coefficient (Wildman–Crippen LogP) is 6.56. The van der Waals surface area contributed by atoms with Crippen LogP contribution in [0.1, 0.15) is 22.3 Å². The van der Waals surface area contributed by atoms with Gasteiger partial charge in [0.25, 0.3) is 0 Å². The molecule has 0 saturated heterocycles. The fourth-order valence-electron chi connectivity index (χ4n) is 3.52. The highest BCUT2D eigenvalue weighted by molar-refractivity contribution is 5.93. The third-order valence-electron chi connectivity index (χ3n) is 5.31. The van der Waals surface area contributed by atoms with Gasteiger partial charge in [-0.3, -0.25) is 0 Å². The molecular formula is C30H26O4. The van der Waals surface area contributed by atoms with Gasteiger partial charge in [-0.05, 0) is 34.9 Å². The second-order valence-corrected chi connectivity index (χ2v) is 7.89. The number of carboxylic acids is 1. The van der Waals surface area contributed by atoms with Gasteiger partial charge in [-0.15, -0.1) is 0 Å². The molecule has 0 atom stereocenters. The summed E-state index contributed by atoms with van der Waals surface area (Å²) in [4.78, 5) is 12.0. The Kier molecular flexibility index (Phi) is 7.75. The molecule has 0 aliphatic rings. The third kappa shape index (κ3) is 6.59. The van der Waals surface area contributed by atoms with Crippen LogP contribution in [0.25, 0.3) is 6.08 Å². The molecule has 4 aromatic rings. The Morgan fingerprint density at radius 1 is 0.676 bits per heavy atom. The van der Waals surface area contributed by atoms with E-state index >= 15 is 0 Å². The number of hydrogen-bond acceptors (Lipinski definition) is 3. The smallest absolute Gasteiger partial charge is 0.331 e. The first-order valence-electron chi connectivity index (χ1n) is 11.1. The minimum Gasteiger partial charge on any atom is -0.489 e. The van der Waals surface area contributed by atoms with Crippen LogP contribution in [0.2, 0.25) is 0 Å². The summed E-state index contributed by atoms with van der Waals surface area (Å²) in [5.74, 6) is 0.271. The maximum absolute atomic E-state index is 12.0. The minimum absolute atomic E-state index is 0.286. The van der Waals surface area contributed by atoms with Crippen molar-refractivity contribution in [3.05, 3.63) is 137 Å². The van der Waals surface area contributed by atoms with Crippen LogP contribution in [0.5, 0.6) is 11.5 Å². The summed E-state index contributed by atoms with van der Waals surface area (Å²) in [5, 5.41) is 9.83. The highest BCUT2D eigenvalue weighted by Gasteiger charge is 2.12. The summed E-state index contributed by atoms with van der Waals surface area (Å²) in [6, 6.07) is 34.8. The topological polar surface area (TPSA) is 55.8 Å². The average Bonchev–Trinajstić information content (AvgIpc) is 2.88. The summed E-state index contributed by atoms with van der Waals surface area (Å²) < 4.78 is 12.1. The van der Waals surface area contributed by atoms with E-state index in [0.29, 0.717) is 36.7 Å². The zero-order valence-electron chi connectivity index (χ0n) is 18.8. The van der Waals surface area contributed by atoms with E-state index in [1.54, 1.807) is 6.08 Å². The van der Waals surface area contributed by atoms with Gasteiger partial charge in [0.15, 0.2) is 0 Å². The van der Waals surface area contributed by atoms with Crippen LogP contribution >= 0.6 is 0 Å². The molecule has 4 nitrogen and oxygen atoms in total. The fraction of sp³-hybridized carbons (Fsp3) is 0.100. The van der Waals surface area contributed by atoms with Crippen LogP contribution in [0, 0.1) is 0 Å². The lowest BCUT2D eigenvalue weighted by molar-refractivity contribution is -0.132. The molecule has 0 aliphatic carbocycles. The molecule has 0 bridgehead atoms. The Hall–Kier alpha value is -4.31. The van der Waals surface area contributed by atoms with E-state index in [1.165, 1.54) is 0 Å². The third-order valence-corrected chi connectivity index (χ3v) is 5.31. The first-order chi connectivity index (χ1) is 16.7. The summed E-state index contributed by atoms with van der Waals surface area (Å²) in [6.07, 6.45) is 2.00. The normalized spacial score (nSPS) is 11.1. The number of ether oxygens (including phenoxy) is 2. The number of hydrogen-bond donors (Lipinski definition) is 1. The maximum Gasteiger partial charge on any atom is 0.331 e. The number of carbonyl (C=O) groups is 1. The van der Waals surface area contributed by atoms with Gasteiger partial charge < -0.3 is 14.6 Å². The summed E-state index contributed by atoms with van der Waals surface area (Å²) in [7, 11) is 0. The van der Waals surface area contributed by atoms with Gasteiger partial charge in [-0.25, -0.2) is 4.79 Å². The van der Waals surface area contributed by atoms with E-state index < -0.39 is 5.97 Å². The summed E-state index contributed by atoms with van der Waals surface area (Å²) in [5.41, 5.74) is 4.00. The van der Waals surface area contributed by atoms with Gasteiger partial charge in [0.2, 0.25) is 0 Å². The maximum atomic E-state index is 12.0. The Morgan fingerprint density at radius 2 is 1.21 bits per heavy atom. The highest BCUT2D eigenvalue weighted by atomic mass is 16.5. The van der Waals surface area contributed by atoms with Crippen molar-refractivity contribution in [1.29, 1.82) is 0 Å². The largest absolute Gasteiger partial charge is 0.489 e. The van der Waals surface area contributed by atoms with Gasteiger partial charge in [0.1, 0.15) is 24.7 Å². The molecule has 0 spiro atoms. The number of aliphatic carboxylic acids is 1. The Morgan fingerprint density at radius 3 is 1.76 bits per heavy atom. The minimum atomic E-state index is -0.956. The second kappa shape index (κ2) is 11.5. The van der Waals surface area contributed by atoms with Crippen LogP contribution in [-0.2, 0) is 24.4 Å². The number of benzene rings is 4. The predicted molar refractivity (Wildman–Crippen MR) is 134 cm³/mol. The number of carboxylic acid groups (broad SMARTS) is 1. The first kappa shape index (κ1) is 22.9. The molecule has 4 rings (SSSR count). The standard InChI is InChI=1S/C30H26O4/c31-30(32)27(18-23-10-4-1-5-11-23)19-26-16-17-28(33-21-24-12-6-2-7-13-24)20-29(26)34-22-25-14-8-3-9-15-25/h1-17,19-20H,18,21-22H2,(H,31,32)/b27-19+. The van der Waals surface area contributed by atoms with E-state index in [9.17, 15) is 9.90 Å². The molecule has 0 aromatic heterocycles. The van der Waals surface area contributed by atoms with Crippen LogP contribution in [-0.4, -0.2) is 11.1 Å². The van der Waals surface area contributed by atoms with Crippen molar-refractivity contribution in [1.82, 2.24) is 0 Å². The summed E-state index contributed by atoms with van der Waals surface area (Å²) in [6.45, 7) is 0.799. The molecular weight excluding hydrogens is 424 g/mol. The molecule has 0 heterocycles. The molecule has 1 N–H and O–H groups in total. The van der Waals surface area contributed by atoms with Crippen molar-refractivity contribution in [2.75, 3.05) is 0 Å². The Bertz CT molecular complexity index is 1230. The molecule has 0 unspecified atom stereocenters. The van der Waals surface area contributed by atoms with Gasteiger partial charge in [0.05, 0.1) is 0 Å². The molecule has 4 heteroatoms. The zero-order valence-corrected chi connectivity index (χ0v) is 18.8. The average molecular weight is 451 g/mol. The highest BCUT2D eigenvalue weighted by Crippen LogP contribution is 2.29. The van der Waals surface area contributed by atoms with Crippen molar-refractivity contribution in [3.63, 3.8) is 0 Å². The molecule has 0 saturated carbocycles. The van der Waals surface area contributed by atoms with Crippen molar-refractivity contribution >= 4 is 12.0 Å². The molecule has 34 heavy (non-hydrogen) atoms. The second-order valence-electron chi connectivity index (χ2n) is 7.89. The van der Waals surface area contributed by atoms with Gasteiger partial charge in [0, 0.05) is 23.6 Å². The van der Waals surface area contributed by atoms with Crippen molar-refractivity contribution in [2.45, 2.75) is 19.6 Å². The van der Waals surface area contributed by atoms with Gasteiger partial charge in [-0.1, -0.05) is 91.0 Å². The van der Waals surface area contributed by atoms with Crippen LogP contribution < -0.4 is 9.47 Å². The molecule has 0 fully saturated rings. The molecule has 0 amide bonds. The van der Waals surface area contributed by atoms with E-state index in [2.05, 4.69) is 0 Å². The molecule has 0 radical (unpaired) electrons. The lowest BCUT2D eigenvalue weighted by Gasteiger charge is -2.14. The SMILES string of the molecule is O=C(O)/C(=C/c1ccc(OCc2ccccc2)cc1OCc1ccccc1)Cc1ccccc1. The van der Waals surface area contributed by atoms with E-state index in [4.69, 9.17) is 9.47 Å². The van der Waals surface area contributed by atoms with Crippen LogP contribution in [0.3, 0.4) is 0 Å². The van der Waals surface area contributed by atoms with Gasteiger partial charge in [-0.2, -0.15) is 0 Å². The number of rotatable bonds is 10. The fourth-order valence-corrected chi connectivity index (χ4v) is 3.52. The lowest BCUT2D eigenvalue weighted by atomic mass is 10.0. The summed E-state index contributed by atoms with van der Waals surface area (Å²) >= 11 is 0. The van der Waals surface area contributed by atoms with Gasteiger partial charge >= 0.3 is 5.97 Å². The van der Waals surface area contributed by atoms with Crippen molar-refractivity contribution in [2.24, 2.45) is 0 Å². The first-order valence-corrected chi connectivity index (χ1v) is 11.1. The molecule has 0 aliphatic heterocycles.